The Morgan fingerprint density at radius 3 is 2.81 bits per heavy atom. The van der Waals surface area contributed by atoms with Crippen LogP contribution in [-0.2, 0) is 6.54 Å². The smallest absolute Gasteiger partial charge is 0.109 e. The number of nitrogens with one attached hydrogen (secondary N) is 2. The van der Waals surface area contributed by atoms with Crippen LogP contribution in [0.4, 0.5) is 0 Å². The van der Waals surface area contributed by atoms with E-state index >= 15 is 0 Å². The summed E-state index contributed by atoms with van der Waals surface area (Å²) in [5.74, 6) is 0. The van der Waals surface area contributed by atoms with Gasteiger partial charge < -0.3 is 5.32 Å². The normalized spacial score (nSPS) is 12.9. The van der Waals surface area contributed by atoms with Crippen LogP contribution in [0, 0.1) is 13.8 Å². The van der Waals surface area contributed by atoms with Crippen molar-refractivity contribution in [3.05, 3.63) is 33.5 Å². The first-order chi connectivity index (χ1) is 7.66. The second-order valence-electron chi connectivity index (χ2n) is 3.93. The van der Waals surface area contributed by atoms with Crippen molar-refractivity contribution in [1.82, 2.24) is 20.5 Å². The molecule has 4 nitrogen and oxygen atoms in total. The summed E-state index contributed by atoms with van der Waals surface area (Å²) < 4.78 is 0. The van der Waals surface area contributed by atoms with E-state index in [2.05, 4.69) is 34.3 Å². The standard InChI is InChI=1S/C11H16N4S/c1-7-4-13-11(16-7)9(3)12-5-10-6-14-15-8(10)2/h4,6,9,12H,5H2,1-3H3,(H,14,15). The number of nitrogens with zero attached hydrogens (tertiary/aromatic N) is 2. The monoisotopic (exact) mass is 236 g/mol. The van der Waals surface area contributed by atoms with E-state index in [1.54, 1.807) is 11.3 Å². The summed E-state index contributed by atoms with van der Waals surface area (Å²) in [5.41, 5.74) is 2.33. The first-order valence-corrected chi connectivity index (χ1v) is 6.13. The Labute approximate surface area is 99.1 Å². The number of hydrogen-bond acceptors (Lipinski definition) is 4. The number of thiazole rings is 1. The van der Waals surface area contributed by atoms with Gasteiger partial charge in [-0.05, 0) is 20.8 Å². The molecule has 2 aromatic heterocycles. The van der Waals surface area contributed by atoms with Gasteiger partial charge in [-0.25, -0.2) is 4.98 Å². The molecule has 86 valence electrons. The van der Waals surface area contributed by atoms with Crippen molar-refractivity contribution in [2.45, 2.75) is 33.4 Å². The Kier molecular flexibility index (Phi) is 3.36. The average molecular weight is 236 g/mol. The number of aromatic amines is 1. The van der Waals surface area contributed by atoms with Crippen LogP contribution in [0.2, 0.25) is 0 Å². The van der Waals surface area contributed by atoms with Crippen LogP contribution in [-0.4, -0.2) is 15.2 Å². The second-order valence-corrected chi connectivity index (χ2v) is 5.20. The van der Waals surface area contributed by atoms with Crippen molar-refractivity contribution >= 4 is 11.3 Å². The molecule has 0 saturated heterocycles. The van der Waals surface area contributed by atoms with Gasteiger partial charge in [-0.3, -0.25) is 5.10 Å². The van der Waals surface area contributed by atoms with Gasteiger partial charge in [0.15, 0.2) is 0 Å². The van der Waals surface area contributed by atoms with Gasteiger partial charge in [0, 0.05) is 28.9 Å². The lowest BCUT2D eigenvalue weighted by atomic mass is 10.2. The molecule has 0 amide bonds. The van der Waals surface area contributed by atoms with Gasteiger partial charge >= 0.3 is 0 Å². The van der Waals surface area contributed by atoms with Gasteiger partial charge in [-0.1, -0.05) is 0 Å². The molecule has 0 aliphatic heterocycles. The fourth-order valence-corrected chi connectivity index (χ4v) is 2.28. The maximum atomic E-state index is 4.37. The molecule has 2 heterocycles. The zero-order valence-electron chi connectivity index (χ0n) is 9.74. The van der Waals surface area contributed by atoms with Crippen molar-refractivity contribution in [3.63, 3.8) is 0 Å². The van der Waals surface area contributed by atoms with Gasteiger partial charge in [0.25, 0.3) is 0 Å². The molecule has 0 aromatic carbocycles. The van der Waals surface area contributed by atoms with Crippen LogP contribution >= 0.6 is 11.3 Å². The molecule has 2 N–H and O–H groups in total. The number of H-pyrrole nitrogens is 1. The zero-order chi connectivity index (χ0) is 11.5. The molecule has 0 fully saturated rings. The Morgan fingerprint density at radius 2 is 2.25 bits per heavy atom. The second kappa shape index (κ2) is 4.76. The fourth-order valence-electron chi connectivity index (χ4n) is 1.48. The van der Waals surface area contributed by atoms with Crippen molar-refractivity contribution in [2.75, 3.05) is 0 Å². The molecule has 2 rings (SSSR count). The summed E-state index contributed by atoms with van der Waals surface area (Å²) in [7, 11) is 0. The highest BCUT2D eigenvalue weighted by atomic mass is 32.1. The minimum Gasteiger partial charge on any atom is -0.304 e. The molecule has 0 radical (unpaired) electrons. The molecule has 0 saturated carbocycles. The molecule has 1 unspecified atom stereocenters. The Morgan fingerprint density at radius 1 is 1.44 bits per heavy atom. The van der Waals surface area contributed by atoms with Crippen LogP contribution in [0.5, 0.6) is 0 Å². The van der Waals surface area contributed by atoms with E-state index < -0.39 is 0 Å². The van der Waals surface area contributed by atoms with Gasteiger partial charge in [-0.15, -0.1) is 11.3 Å². The molecule has 0 bridgehead atoms. The Hall–Kier alpha value is -1.20. The predicted molar refractivity (Wildman–Crippen MR) is 65.4 cm³/mol. The minimum atomic E-state index is 0.285. The van der Waals surface area contributed by atoms with E-state index in [1.165, 1.54) is 10.4 Å². The lowest BCUT2D eigenvalue weighted by Crippen LogP contribution is -2.18. The minimum absolute atomic E-state index is 0.285. The summed E-state index contributed by atoms with van der Waals surface area (Å²) >= 11 is 1.74. The van der Waals surface area contributed by atoms with E-state index in [1.807, 2.05) is 19.3 Å². The third-order valence-corrected chi connectivity index (χ3v) is 3.64. The van der Waals surface area contributed by atoms with Crippen LogP contribution in [0.3, 0.4) is 0 Å². The summed E-state index contributed by atoms with van der Waals surface area (Å²) in [6.07, 6.45) is 3.78. The molecule has 0 aliphatic rings. The highest BCUT2D eigenvalue weighted by Gasteiger charge is 2.09. The molecular formula is C11H16N4S. The molecule has 0 aliphatic carbocycles. The molecular weight excluding hydrogens is 220 g/mol. The molecule has 5 heteroatoms. The summed E-state index contributed by atoms with van der Waals surface area (Å²) in [5, 5.41) is 11.5. The third kappa shape index (κ3) is 2.48. The van der Waals surface area contributed by atoms with Gasteiger partial charge in [0.1, 0.15) is 5.01 Å². The summed E-state index contributed by atoms with van der Waals surface area (Å²) in [6.45, 7) is 7.06. The molecule has 16 heavy (non-hydrogen) atoms. The van der Waals surface area contributed by atoms with Crippen LogP contribution in [0.25, 0.3) is 0 Å². The van der Waals surface area contributed by atoms with Gasteiger partial charge in [0.2, 0.25) is 0 Å². The van der Waals surface area contributed by atoms with Crippen molar-refractivity contribution in [1.29, 1.82) is 0 Å². The number of hydrogen-bond donors (Lipinski definition) is 2. The van der Waals surface area contributed by atoms with E-state index in [9.17, 15) is 0 Å². The van der Waals surface area contributed by atoms with Crippen molar-refractivity contribution in [3.8, 4) is 0 Å². The maximum absolute atomic E-state index is 4.37. The predicted octanol–water partition coefficient (Wildman–Crippen LogP) is 2.33. The molecule has 0 spiro atoms. The lowest BCUT2D eigenvalue weighted by molar-refractivity contribution is 0.570. The quantitative estimate of drug-likeness (QED) is 0.856. The van der Waals surface area contributed by atoms with Gasteiger partial charge in [0.05, 0.1) is 12.2 Å². The van der Waals surface area contributed by atoms with Gasteiger partial charge in [-0.2, -0.15) is 5.10 Å². The van der Waals surface area contributed by atoms with Crippen LogP contribution < -0.4 is 5.32 Å². The van der Waals surface area contributed by atoms with Crippen LogP contribution in [0.1, 0.15) is 34.1 Å². The first-order valence-electron chi connectivity index (χ1n) is 5.31. The molecule has 2 aromatic rings. The highest BCUT2D eigenvalue weighted by molar-refractivity contribution is 7.11. The van der Waals surface area contributed by atoms with E-state index in [4.69, 9.17) is 0 Å². The first kappa shape index (κ1) is 11.3. The SMILES string of the molecule is Cc1cnc(C(C)NCc2cn[nH]c2C)s1. The van der Waals surface area contributed by atoms with Crippen molar-refractivity contribution in [2.24, 2.45) is 0 Å². The number of aromatic nitrogens is 3. The zero-order valence-corrected chi connectivity index (χ0v) is 10.6. The summed E-state index contributed by atoms with van der Waals surface area (Å²) in [4.78, 5) is 5.62. The lowest BCUT2D eigenvalue weighted by Gasteiger charge is -2.10. The number of aryl methyl sites for hydroxylation is 2. The Balaban J connectivity index is 1.93. The van der Waals surface area contributed by atoms with E-state index in [-0.39, 0.29) is 6.04 Å². The number of rotatable bonds is 4. The molecule has 1 atom stereocenters. The van der Waals surface area contributed by atoms with Crippen molar-refractivity contribution < 1.29 is 0 Å². The largest absolute Gasteiger partial charge is 0.304 e. The Bertz CT molecular complexity index is 460. The summed E-state index contributed by atoms with van der Waals surface area (Å²) in [6, 6.07) is 0.285. The van der Waals surface area contributed by atoms with E-state index in [0.717, 1.165) is 17.2 Å². The topological polar surface area (TPSA) is 53.6 Å². The van der Waals surface area contributed by atoms with E-state index in [0.29, 0.717) is 0 Å². The maximum Gasteiger partial charge on any atom is 0.109 e. The average Bonchev–Trinajstić information content (AvgIpc) is 2.84. The fraction of sp³-hybridized carbons (Fsp3) is 0.455. The highest BCUT2D eigenvalue weighted by Crippen LogP contribution is 2.19. The third-order valence-electron chi connectivity index (χ3n) is 2.54. The van der Waals surface area contributed by atoms with Crippen LogP contribution in [0.15, 0.2) is 12.4 Å².